The third-order valence-electron chi connectivity index (χ3n) is 4.63. The molecule has 3 N–H and O–H groups in total. The van der Waals surface area contributed by atoms with Crippen molar-refractivity contribution in [2.45, 2.75) is 26.3 Å². The summed E-state index contributed by atoms with van der Waals surface area (Å²) in [6.07, 6.45) is 2.53. The van der Waals surface area contributed by atoms with Crippen molar-refractivity contribution in [3.63, 3.8) is 0 Å². The van der Waals surface area contributed by atoms with Crippen LogP contribution in [0.4, 0.5) is 27.4 Å². The first-order chi connectivity index (χ1) is 12.1. The molecular weight excluding hydrogens is 319 g/mol. The maximum absolute atomic E-state index is 14.0. The molecule has 7 heteroatoms. The second kappa shape index (κ2) is 7.55. The summed E-state index contributed by atoms with van der Waals surface area (Å²) in [5, 5.41) is 3.32. The van der Waals surface area contributed by atoms with Crippen LogP contribution in [0.2, 0.25) is 0 Å². The van der Waals surface area contributed by atoms with Gasteiger partial charge in [0.15, 0.2) is 11.6 Å². The van der Waals surface area contributed by atoms with Crippen LogP contribution in [0.15, 0.2) is 30.6 Å². The zero-order valence-electron chi connectivity index (χ0n) is 14.7. The van der Waals surface area contributed by atoms with E-state index in [0.29, 0.717) is 23.2 Å². The highest BCUT2D eigenvalue weighted by atomic mass is 19.1. The summed E-state index contributed by atoms with van der Waals surface area (Å²) in [6.45, 7) is 7.11. The van der Waals surface area contributed by atoms with Gasteiger partial charge in [0.1, 0.15) is 17.8 Å². The number of hydrogen-bond donors (Lipinski definition) is 2. The van der Waals surface area contributed by atoms with Crippen molar-refractivity contribution in [3.05, 3.63) is 36.4 Å². The Balaban J connectivity index is 1.71. The molecule has 1 atom stereocenters. The van der Waals surface area contributed by atoms with Gasteiger partial charge in [-0.3, -0.25) is 0 Å². The van der Waals surface area contributed by atoms with Gasteiger partial charge in [0.05, 0.1) is 5.69 Å². The molecule has 0 amide bonds. The molecule has 6 nitrogen and oxygen atoms in total. The van der Waals surface area contributed by atoms with E-state index in [-0.39, 0.29) is 5.82 Å². The highest BCUT2D eigenvalue weighted by Gasteiger charge is 2.22. The van der Waals surface area contributed by atoms with Crippen LogP contribution in [-0.4, -0.2) is 42.2 Å². The second-order valence-corrected chi connectivity index (χ2v) is 6.34. The molecule has 0 saturated carbocycles. The van der Waals surface area contributed by atoms with E-state index in [4.69, 9.17) is 5.73 Å². The van der Waals surface area contributed by atoms with Crippen molar-refractivity contribution in [1.29, 1.82) is 0 Å². The number of benzene rings is 1. The number of nitrogen functional groups attached to an aromatic ring is 1. The fourth-order valence-electron chi connectivity index (χ4n) is 2.96. The molecule has 1 aromatic carbocycles. The van der Waals surface area contributed by atoms with Gasteiger partial charge in [0.2, 0.25) is 0 Å². The van der Waals surface area contributed by atoms with Crippen molar-refractivity contribution in [3.8, 4) is 0 Å². The van der Waals surface area contributed by atoms with E-state index in [2.05, 4.69) is 38.9 Å². The minimum Gasteiger partial charge on any atom is -0.393 e. The number of anilines is 4. The maximum Gasteiger partial charge on any atom is 0.157 e. The fraction of sp³-hybridized carbons (Fsp3) is 0.444. The van der Waals surface area contributed by atoms with E-state index in [0.717, 1.165) is 38.4 Å². The highest BCUT2D eigenvalue weighted by Crippen LogP contribution is 2.28. The summed E-state index contributed by atoms with van der Waals surface area (Å²) in [6, 6.07) is 7.18. The zero-order chi connectivity index (χ0) is 17.8. The first-order valence-electron chi connectivity index (χ1n) is 8.71. The molecule has 134 valence electrons. The van der Waals surface area contributed by atoms with Gasteiger partial charge in [-0.1, -0.05) is 19.1 Å². The molecule has 1 aliphatic rings. The average molecular weight is 344 g/mol. The second-order valence-electron chi connectivity index (χ2n) is 6.34. The van der Waals surface area contributed by atoms with Crippen LogP contribution in [0, 0.1) is 5.82 Å². The monoisotopic (exact) mass is 344 g/mol. The normalized spacial score (nSPS) is 16.0. The van der Waals surface area contributed by atoms with Gasteiger partial charge in [-0.15, -0.1) is 0 Å². The lowest BCUT2D eigenvalue weighted by atomic mass is 10.2. The minimum absolute atomic E-state index is 0.183. The van der Waals surface area contributed by atoms with E-state index in [1.807, 2.05) is 12.1 Å². The van der Waals surface area contributed by atoms with Gasteiger partial charge in [-0.05, 0) is 25.5 Å². The number of nitrogens with one attached hydrogen (secondary N) is 1. The third-order valence-corrected chi connectivity index (χ3v) is 4.63. The molecule has 1 unspecified atom stereocenters. The molecule has 0 aliphatic carbocycles. The Morgan fingerprint density at radius 3 is 2.52 bits per heavy atom. The zero-order valence-corrected chi connectivity index (χ0v) is 14.7. The maximum atomic E-state index is 14.0. The van der Waals surface area contributed by atoms with Crippen LogP contribution in [0.1, 0.15) is 20.3 Å². The SMILES string of the molecule is CCC(C)Nc1ncnc(N2CCN(c3ccccc3F)CC2)c1N. The molecule has 0 bridgehead atoms. The van der Waals surface area contributed by atoms with Crippen LogP contribution in [0.25, 0.3) is 0 Å². The van der Waals surface area contributed by atoms with E-state index in [9.17, 15) is 4.39 Å². The van der Waals surface area contributed by atoms with E-state index < -0.39 is 0 Å². The summed E-state index contributed by atoms with van der Waals surface area (Å²) in [4.78, 5) is 12.8. The number of rotatable bonds is 5. The number of nitrogens with zero attached hydrogens (tertiary/aromatic N) is 4. The Labute approximate surface area is 147 Å². The van der Waals surface area contributed by atoms with Crippen LogP contribution in [0.3, 0.4) is 0 Å². The van der Waals surface area contributed by atoms with E-state index >= 15 is 0 Å². The van der Waals surface area contributed by atoms with Gasteiger partial charge in [-0.2, -0.15) is 0 Å². The van der Waals surface area contributed by atoms with Crippen LogP contribution in [-0.2, 0) is 0 Å². The molecule has 2 heterocycles. The number of para-hydroxylation sites is 1. The first-order valence-corrected chi connectivity index (χ1v) is 8.71. The summed E-state index contributed by atoms with van der Waals surface area (Å²) in [5.74, 6) is 1.24. The quantitative estimate of drug-likeness (QED) is 0.869. The number of hydrogen-bond acceptors (Lipinski definition) is 6. The lowest BCUT2D eigenvalue weighted by molar-refractivity contribution is 0.596. The van der Waals surface area contributed by atoms with Crippen LogP contribution in [0.5, 0.6) is 0 Å². The van der Waals surface area contributed by atoms with Gasteiger partial charge in [-0.25, -0.2) is 14.4 Å². The number of aromatic nitrogens is 2. The summed E-state index contributed by atoms with van der Waals surface area (Å²) in [7, 11) is 0. The summed E-state index contributed by atoms with van der Waals surface area (Å²) < 4.78 is 14.0. The molecule has 1 aliphatic heterocycles. The predicted octanol–water partition coefficient (Wildman–Crippen LogP) is 2.73. The van der Waals surface area contributed by atoms with Gasteiger partial charge in [0.25, 0.3) is 0 Å². The Bertz CT molecular complexity index is 714. The Hall–Kier alpha value is -2.57. The van der Waals surface area contributed by atoms with Crippen LogP contribution < -0.4 is 20.9 Å². The van der Waals surface area contributed by atoms with Crippen molar-refractivity contribution >= 4 is 23.0 Å². The molecular formula is C18H25FN6. The van der Waals surface area contributed by atoms with Crippen molar-refractivity contribution in [1.82, 2.24) is 9.97 Å². The average Bonchev–Trinajstić information content (AvgIpc) is 2.64. The van der Waals surface area contributed by atoms with E-state index in [1.54, 1.807) is 12.4 Å². The Morgan fingerprint density at radius 2 is 1.84 bits per heavy atom. The number of halogens is 1. The van der Waals surface area contributed by atoms with Crippen molar-refractivity contribution in [2.24, 2.45) is 0 Å². The molecule has 1 fully saturated rings. The molecule has 25 heavy (non-hydrogen) atoms. The predicted molar refractivity (Wildman–Crippen MR) is 101 cm³/mol. The Kier molecular flexibility index (Phi) is 5.21. The standard InChI is InChI=1S/C18H25FN6/c1-3-13(2)23-17-16(20)18(22-12-21-17)25-10-8-24(9-11-25)15-7-5-4-6-14(15)19/h4-7,12-13H,3,8-11,20H2,1-2H3,(H,21,22,23). The molecule has 0 spiro atoms. The lowest BCUT2D eigenvalue weighted by Gasteiger charge is -2.37. The summed E-state index contributed by atoms with van der Waals surface area (Å²) in [5.41, 5.74) is 7.51. The summed E-state index contributed by atoms with van der Waals surface area (Å²) >= 11 is 0. The lowest BCUT2D eigenvalue weighted by Crippen LogP contribution is -2.47. The topological polar surface area (TPSA) is 70.3 Å². The number of piperazine rings is 1. The molecule has 0 radical (unpaired) electrons. The smallest absolute Gasteiger partial charge is 0.157 e. The van der Waals surface area contributed by atoms with Crippen molar-refractivity contribution < 1.29 is 4.39 Å². The van der Waals surface area contributed by atoms with Gasteiger partial charge >= 0.3 is 0 Å². The van der Waals surface area contributed by atoms with E-state index in [1.165, 1.54) is 6.07 Å². The van der Waals surface area contributed by atoms with Crippen LogP contribution >= 0.6 is 0 Å². The fourth-order valence-corrected chi connectivity index (χ4v) is 2.96. The van der Waals surface area contributed by atoms with Gasteiger partial charge < -0.3 is 20.9 Å². The third kappa shape index (κ3) is 3.75. The Morgan fingerprint density at radius 1 is 1.16 bits per heavy atom. The van der Waals surface area contributed by atoms with Gasteiger partial charge in [0, 0.05) is 32.2 Å². The number of nitrogens with two attached hydrogens (primary N) is 1. The molecule has 1 saturated heterocycles. The minimum atomic E-state index is -0.183. The highest BCUT2D eigenvalue weighted by molar-refractivity contribution is 5.75. The molecule has 2 aromatic rings. The first kappa shape index (κ1) is 17.3. The molecule has 3 rings (SSSR count). The molecule has 1 aromatic heterocycles. The van der Waals surface area contributed by atoms with Crippen molar-refractivity contribution in [2.75, 3.05) is 47.0 Å². The largest absolute Gasteiger partial charge is 0.393 e.